The first kappa shape index (κ1) is 37.8. The molecule has 2 fully saturated rings. The predicted molar refractivity (Wildman–Crippen MR) is 213 cm³/mol. The third kappa shape index (κ3) is 7.41. The van der Waals surface area contributed by atoms with Gasteiger partial charge in [-0.25, -0.2) is 0 Å². The molecule has 8 rings (SSSR count). The lowest BCUT2D eigenvalue weighted by molar-refractivity contribution is -0.142. The van der Waals surface area contributed by atoms with Gasteiger partial charge in [0.1, 0.15) is 11.5 Å². The van der Waals surface area contributed by atoms with Crippen LogP contribution in [0.5, 0.6) is 11.5 Å². The van der Waals surface area contributed by atoms with E-state index in [4.69, 9.17) is 32.7 Å². The van der Waals surface area contributed by atoms with Crippen molar-refractivity contribution < 1.29 is 38.9 Å². The molecule has 56 heavy (non-hydrogen) atoms. The summed E-state index contributed by atoms with van der Waals surface area (Å²) in [4.78, 5) is 56.2. The maximum Gasteiger partial charge on any atom is 0.307 e. The molecule has 2 unspecified atom stereocenters. The second kappa shape index (κ2) is 15.8. The first-order valence-corrected chi connectivity index (χ1v) is 19.4. The Morgan fingerprint density at radius 3 is 1.41 bits per heavy atom. The van der Waals surface area contributed by atoms with Gasteiger partial charge in [-0.1, -0.05) is 71.7 Å². The van der Waals surface area contributed by atoms with E-state index in [0.29, 0.717) is 98.1 Å². The van der Waals surface area contributed by atoms with Crippen LogP contribution in [0.4, 0.5) is 11.4 Å². The summed E-state index contributed by atoms with van der Waals surface area (Å²) < 4.78 is 11.8. The molecule has 4 heterocycles. The fraction of sp³-hybridized carbons (Fsp3) is 0.333. The van der Waals surface area contributed by atoms with Gasteiger partial charge in [0.15, 0.2) is 13.2 Å². The molecule has 0 bridgehead atoms. The summed E-state index contributed by atoms with van der Waals surface area (Å²) >= 11 is 14.3. The van der Waals surface area contributed by atoms with E-state index in [0.717, 1.165) is 33.4 Å². The first-order chi connectivity index (χ1) is 27.0. The first-order valence-electron chi connectivity index (χ1n) is 18.7. The van der Waals surface area contributed by atoms with Crippen molar-refractivity contribution >= 4 is 58.3 Å². The number of fused-ring (bicyclic) bond motifs is 2. The molecule has 0 aromatic heterocycles. The average molecular weight is 800 g/mol. The molecule has 2 N–H and O–H groups in total. The van der Waals surface area contributed by atoms with E-state index in [1.807, 2.05) is 72.8 Å². The number of halogens is 2. The predicted octanol–water partition coefficient (Wildman–Crippen LogP) is 6.26. The highest BCUT2D eigenvalue weighted by Crippen LogP contribution is 2.45. The van der Waals surface area contributed by atoms with E-state index in [1.165, 1.54) is 0 Å². The molecule has 0 spiro atoms. The molecule has 4 aliphatic heterocycles. The Morgan fingerprint density at radius 1 is 0.607 bits per heavy atom. The molecule has 4 aromatic rings. The van der Waals surface area contributed by atoms with Crippen LogP contribution < -0.4 is 19.3 Å². The molecule has 2 amide bonds. The van der Waals surface area contributed by atoms with Crippen LogP contribution >= 0.6 is 23.2 Å². The van der Waals surface area contributed by atoms with E-state index < -0.39 is 11.9 Å². The Hall–Kier alpha value is -5.14. The summed E-state index contributed by atoms with van der Waals surface area (Å²) in [5.41, 5.74) is 5.91. The number of likely N-dealkylation sites (tertiary alicyclic amines) is 2. The number of anilines is 2. The highest BCUT2D eigenvalue weighted by molar-refractivity contribution is 6.39. The molecule has 0 aliphatic carbocycles. The van der Waals surface area contributed by atoms with E-state index in [9.17, 15) is 29.4 Å². The highest BCUT2D eigenvalue weighted by atomic mass is 35.5. The Morgan fingerprint density at radius 2 is 1.02 bits per heavy atom. The van der Waals surface area contributed by atoms with E-state index >= 15 is 0 Å². The lowest BCUT2D eigenvalue weighted by atomic mass is 9.95. The second-order valence-electron chi connectivity index (χ2n) is 14.6. The van der Waals surface area contributed by atoms with Crippen molar-refractivity contribution in [1.29, 1.82) is 0 Å². The number of carbonyl (C=O) groups is 4. The maximum atomic E-state index is 12.9. The van der Waals surface area contributed by atoms with Crippen molar-refractivity contribution in [2.24, 2.45) is 11.8 Å². The van der Waals surface area contributed by atoms with Crippen LogP contribution in [-0.2, 0) is 19.2 Å². The largest absolute Gasteiger partial charge is 0.482 e. The van der Waals surface area contributed by atoms with Crippen LogP contribution in [0.25, 0.3) is 33.4 Å². The third-order valence-corrected chi connectivity index (χ3v) is 12.1. The number of carbonyl (C=O) groups excluding carboxylic acids is 2. The summed E-state index contributed by atoms with van der Waals surface area (Å²) in [6.45, 7) is 4.11. The number of hydrogen-bond donors (Lipinski definition) is 2. The quantitative estimate of drug-likeness (QED) is 0.179. The van der Waals surface area contributed by atoms with Crippen LogP contribution in [0.3, 0.4) is 0 Å². The molecular formula is C42H40Cl2N4O8. The van der Waals surface area contributed by atoms with E-state index in [2.05, 4.69) is 9.80 Å². The van der Waals surface area contributed by atoms with Crippen molar-refractivity contribution in [2.75, 3.05) is 75.4 Å². The number of benzene rings is 4. The van der Waals surface area contributed by atoms with Crippen LogP contribution in [0.2, 0.25) is 10.0 Å². The smallest absolute Gasteiger partial charge is 0.307 e. The normalized spacial score (nSPS) is 19.8. The number of nitrogens with zero attached hydrogens (tertiary/aromatic N) is 4. The van der Waals surface area contributed by atoms with Crippen molar-refractivity contribution in [1.82, 2.24) is 9.80 Å². The van der Waals surface area contributed by atoms with Crippen LogP contribution in [0.15, 0.2) is 72.8 Å². The fourth-order valence-electron chi connectivity index (χ4n) is 8.12. The van der Waals surface area contributed by atoms with Gasteiger partial charge in [-0.05, 0) is 61.3 Å². The summed E-state index contributed by atoms with van der Waals surface area (Å²) in [5, 5.41) is 19.7. The number of hydrogen-bond acceptors (Lipinski definition) is 8. The topological polar surface area (TPSA) is 140 Å². The molecule has 4 aliphatic rings. The van der Waals surface area contributed by atoms with Crippen molar-refractivity contribution in [3.63, 3.8) is 0 Å². The van der Waals surface area contributed by atoms with E-state index in [1.54, 1.807) is 9.80 Å². The van der Waals surface area contributed by atoms with Gasteiger partial charge >= 0.3 is 11.9 Å². The van der Waals surface area contributed by atoms with Gasteiger partial charge in [-0.3, -0.25) is 19.2 Å². The summed E-state index contributed by atoms with van der Waals surface area (Å²) in [5.74, 6) is -1.51. The Labute approximate surface area is 333 Å². The minimum atomic E-state index is -0.785. The van der Waals surface area contributed by atoms with Gasteiger partial charge in [0, 0.05) is 61.5 Å². The minimum absolute atomic E-state index is 0.0972. The van der Waals surface area contributed by atoms with Gasteiger partial charge in [0.05, 0.1) is 33.3 Å². The zero-order valence-corrected chi connectivity index (χ0v) is 32.0. The average Bonchev–Trinajstić information content (AvgIpc) is 3.88. The molecule has 14 heteroatoms. The zero-order valence-electron chi connectivity index (χ0n) is 30.5. The Kier molecular flexibility index (Phi) is 10.6. The SMILES string of the molecule is O=C(O)C1CCN(CCN2C(=O)COc3cc(-c4cccc(-c5cccc(-c6ccc7c(c6)OCC(=O)N7CCN6CCC(C(=O)O)C6)c5Cl)c4Cl)ccc32)C1. The summed E-state index contributed by atoms with van der Waals surface area (Å²) in [7, 11) is 0. The third-order valence-electron chi connectivity index (χ3n) is 11.2. The molecule has 2 saturated heterocycles. The number of carboxylic acids is 2. The highest BCUT2D eigenvalue weighted by Gasteiger charge is 2.32. The Balaban J connectivity index is 1.01. The summed E-state index contributed by atoms with van der Waals surface area (Å²) in [6, 6.07) is 22.8. The van der Waals surface area contributed by atoms with Gasteiger partial charge in [-0.15, -0.1) is 0 Å². The standard InChI is InChI=1S/C42H40Cl2N4O8/c43-39-29(25-7-9-33-35(19-25)55-23-37(49)47(33)17-15-45-13-11-27(21-45)41(51)52)3-1-5-31(39)32-6-2-4-30(40(32)44)26-8-10-34-36(20-26)56-24-38(50)48(34)18-16-46-14-12-28(22-46)42(53)54/h1-10,19-20,27-28H,11-18,21-24H2,(H,51,52)(H,53,54). The van der Waals surface area contributed by atoms with Gasteiger partial charge < -0.3 is 39.3 Å². The van der Waals surface area contributed by atoms with E-state index in [-0.39, 0.29) is 36.9 Å². The Bertz CT molecular complexity index is 2080. The lowest BCUT2D eigenvalue weighted by Gasteiger charge is -2.31. The van der Waals surface area contributed by atoms with Gasteiger partial charge in [0.25, 0.3) is 11.8 Å². The minimum Gasteiger partial charge on any atom is -0.482 e. The molecule has 0 radical (unpaired) electrons. The monoisotopic (exact) mass is 798 g/mol. The van der Waals surface area contributed by atoms with Crippen molar-refractivity contribution in [3.05, 3.63) is 82.8 Å². The zero-order chi connectivity index (χ0) is 39.1. The maximum absolute atomic E-state index is 12.9. The summed E-state index contributed by atoms with van der Waals surface area (Å²) in [6.07, 6.45) is 1.21. The van der Waals surface area contributed by atoms with Crippen molar-refractivity contribution in [2.45, 2.75) is 12.8 Å². The van der Waals surface area contributed by atoms with Crippen LogP contribution in [0.1, 0.15) is 12.8 Å². The molecule has 290 valence electrons. The molecule has 2 atom stereocenters. The van der Waals surface area contributed by atoms with Gasteiger partial charge in [0.2, 0.25) is 0 Å². The fourth-order valence-corrected chi connectivity index (χ4v) is 8.79. The lowest BCUT2D eigenvalue weighted by Crippen LogP contribution is -2.43. The molecule has 12 nitrogen and oxygen atoms in total. The number of carboxylic acid groups (broad SMARTS) is 2. The molecule has 0 saturated carbocycles. The number of aliphatic carboxylic acids is 2. The van der Waals surface area contributed by atoms with Crippen molar-refractivity contribution in [3.8, 4) is 44.9 Å². The number of amides is 2. The van der Waals surface area contributed by atoms with Gasteiger partial charge in [-0.2, -0.15) is 0 Å². The van der Waals surface area contributed by atoms with Crippen LogP contribution in [-0.4, -0.2) is 109 Å². The molecule has 4 aromatic carbocycles. The number of rotatable bonds is 11. The second-order valence-corrected chi connectivity index (χ2v) is 15.4. The number of ether oxygens (including phenoxy) is 2. The molecular weight excluding hydrogens is 759 g/mol. The van der Waals surface area contributed by atoms with Crippen LogP contribution in [0, 0.1) is 11.8 Å².